The quantitative estimate of drug-likeness (QED) is 0.857. The average Bonchev–Trinajstić information content (AvgIpc) is 2.89. The first-order valence-electron chi connectivity index (χ1n) is 6.05. The van der Waals surface area contributed by atoms with Crippen LogP contribution >= 0.6 is 0 Å². The zero-order valence-corrected chi connectivity index (χ0v) is 11.3. The van der Waals surface area contributed by atoms with Crippen molar-refractivity contribution in [3.63, 3.8) is 0 Å². The van der Waals surface area contributed by atoms with Gasteiger partial charge < -0.3 is 14.9 Å². The molecule has 0 bridgehead atoms. The van der Waals surface area contributed by atoms with Crippen molar-refractivity contribution in [2.45, 2.75) is 20.4 Å². The number of hydrogen-bond donors (Lipinski definition) is 1. The third-order valence-electron chi connectivity index (χ3n) is 3.07. The molecule has 0 unspecified atom stereocenters. The maximum absolute atomic E-state index is 12.4. The van der Waals surface area contributed by atoms with E-state index < -0.39 is 0 Å². The van der Waals surface area contributed by atoms with Gasteiger partial charge in [0.05, 0.1) is 13.7 Å². The number of hydrogen-bond acceptors (Lipinski definition) is 4. The molecule has 0 spiro atoms. The van der Waals surface area contributed by atoms with Crippen LogP contribution in [0.25, 0.3) is 0 Å². The molecular formula is C15H17NO3. The lowest BCUT2D eigenvalue weighted by atomic mass is 10.00. The molecule has 0 aliphatic heterocycles. The molecule has 100 valence electrons. The number of benzene rings is 1. The predicted molar refractivity (Wildman–Crippen MR) is 72.5 cm³/mol. The van der Waals surface area contributed by atoms with Gasteiger partial charge in [0, 0.05) is 5.56 Å². The first-order chi connectivity index (χ1) is 9.06. The fraction of sp³-hybridized carbons (Fsp3) is 0.267. The van der Waals surface area contributed by atoms with Gasteiger partial charge in [-0.25, -0.2) is 0 Å². The van der Waals surface area contributed by atoms with Crippen molar-refractivity contribution >= 4 is 5.78 Å². The highest BCUT2D eigenvalue weighted by molar-refractivity contribution is 6.08. The fourth-order valence-corrected chi connectivity index (χ4v) is 2.00. The molecule has 2 rings (SSSR count). The van der Waals surface area contributed by atoms with E-state index in [2.05, 4.69) is 0 Å². The van der Waals surface area contributed by atoms with Gasteiger partial charge in [-0.2, -0.15) is 0 Å². The molecule has 0 saturated heterocycles. The lowest BCUT2D eigenvalue weighted by Gasteiger charge is -2.09. The Balaban J connectivity index is 2.41. The lowest BCUT2D eigenvalue weighted by molar-refractivity contribution is 0.101. The maximum atomic E-state index is 12.4. The number of ketones is 1. The smallest absolute Gasteiger partial charge is 0.228 e. The second kappa shape index (κ2) is 5.28. The molecule has 0 aliphatic carbocycles. The zero-order chi connectivity index (χ0) is 14.0. The highest BCUT2D eigenvalue weighted by Gasteiger charge is 2.17. The largest absolute Gasteiger partial charge is 0.496 e. The van der Waals surface area contributed by atoms with Crippen LogP contribution in [0.15, 0.2) is 28.7 Å². The SMILES string of the molecule is COc1cc(C)c(C(=O)c2ccc(CN)o2)cc1C. The zero-order valence-electron chi connectivity index (χ0n) is 11.3. The Morgan fingerprint density at radius 1 is 1.26 bits per heavy atom. The normalized spacial score (nSPS) is 10.5. The topological polar surface area (TPSA) is 65.5 Å². The van der Waals surface area contributed by atoms with Gasteiger partial charge in [0.15, 0.2) is 5.76 Å². The van der Waals surface area contributed by atoms with Gasteiger partial charge in [-0.3, -0.25) is 4.79 Å². The van der Waals surface area contributed by atoms with Crippen LogP contribution in [-0.2, 0) is 6.54 Å². The van der Waals surface area contributed by atoms with Crippen LogP contribution in [0, 0.1) is 13.8 Å². The molecule has 19 heavy (non-hydrogen) atoms. The van der Waals surface area contributed by atoms with Crippen LogP contribution < -0.4 is 10.5 Å². The Morgan fingerprint density at radius 2 is 2.00 bits per heavy atom. The molecule has 2 aromatic rings. The van der Waals surface area contributed by atoms with E-state index in [0.717, 1.165) is 16.9 Å². The number of carbonyl (C=O) groups is 1. The molecule has 0 saturated carbocycles. The summed E-state index contributed by atoms with van der Waals surface area (Å²) in [5, 5.41) is 0. The summed E-state index contributed by atoms with van der Waals surface area (Å²) in [7, 11) is 1.61. The third kappa shape index (κ3) is 2.53. The number of carbonyl (C=O) groups excluding carboxylic acids is 1. The minimum absolute atomic E-state index is 0.136. The summed E-state index contributed by atoms with van der Waals surface area (Å²) < 4.78 is 10.6. The lowest BCUT2D eigenvalue weighted by Crippen LogP contribution is -2.04. The molecule has 0 amide bonds. The summed E-state index contributed by atoms with van der Waals surface area (Å²) in [5.74, 6) is 1.55. The van der Waals surface area contributed by atoms with Gasteiger partial charge in [0.1, 0.15) is 11.5 Å². The number of ether oxygens (including phenoxy) is 1. The van der Waals surface area contributed by atoms with E-state index in [1.165, 1.54) is 0 Å². The van der Waals surface area contributed by atoms with Crippen LogP contribution in [0.5, 0.6) is 5.75 Å². The van der Waals surface area contributed by atoms with Crippen molar-refractivity contribution < 1.29 is 13.9 Å². The Bertz CT molecular complexity index is 614. The van der Waals surface area contributed by atoms with Crippen molar-refractivity contribution in [3.8, 4) is 5.75 Å². The molecule has 1 aromatic carbocycles. The Labute approximate surface area is 112 Å². The summed E-state index contributed by atoms with van der Waals surface area (Å²) in [6.45, 7) is 4.07. The van der Waals surface area contributed by atoms with E-state index in [1.807, 2.05) is 26.0 Å². The van der Waals surface area contributed by atoms with Gasteiger partial charge in [0.2, 0.25) is 5.78 Å². The van der Waals surface area contributed by atoms with Crippen molar-refractivity contribution in [3.05, 3.63) is 52.5 Å². The molecular weight excluding hydrogens is 242 g/mol. The van der Waals surface area contributed by atoms with Crippen LogP contribution in [0.1, 0.15) is 33.0 Å². The van der Waals surface area contributed by atoms with Gasteiger partial charge in [-0.05, 0) is 49.2 Å². The van der Waals surface area contributed by atoms with Crippen LogP contribution in [0.3, 0.4) is 0 Å². The summed E-state index contributed by atoms with van der Waals surface area (Å²) in [6, 6.07) is 7.05. The van der Waals surface area contributed by atoms with Gasteiger partial charge >= 0.3 is 0 Å². The van der Waals surface area contributed by atoms with Gasteiger partial charge in [-0.1, -0.05) is 0 Å². The van der Waals surface area contributed by atoms with Crippen molar-refractivity contribution in [2.75, 3.05) is 7.11 Å². The minimum Gasteiger partial charge on any atom is -0.496 e. The molecule has 0 aliphatic rings. The van der Waals surface area contributed by atoms with E-state index in [1.54, 1.807) is 19.2 Å². The van der Waals surface area contributed by atoms with E-state index in [4.69, 9.17) is 14.9 Å². The molecule has 0 fully saturated rings. The third-order valence-corrected chi connectivity index (χ3v) is 3.07. The Kier molecular flexibility index (Phi) is 3.71. The number of nitrogens with two attached hydrogens (primary N) is 1. The van der Waals surface area contributed by atoms with E-state index in [9.17, 15) is 4.79 Å². The monoisotopic (exact) mass is 259 g/mol. The molecule has 4 heteroatoms. The second-order valence-electron chi connectivity index (χ2n) is 4.44. The maximum Gasteiger partial charge on any atom is 0.228 e. The number of aryl methyl sites for hydroxylation is 2. The van der Waals surface area contributed by atoms with Crippen molar-refractivity contribution in [1.29, 1.82) is 0 Å². The molecule has 0 radical (unpaired) electrons. The molecule has 2 N–H and O–H groups in total. The van der Waals surface area contributed by atoms with E-state index >= 15 is 0 Å². The number of rotatable bonds is 4. The average molecular weight is 259 g/mol. The highest BCUT2D eigenvalue weighted by atomic mass is 16.5. The van der Waals surface area contributed by atoms with Gasteiger partial charge in [0.25, 0.3) is 0 Å². The molecule has 0 atom stereocenters. The summed E-state index contributed by atoms with van der Waals surface area (Å²) in [5.41, 5.74) is 7.87. The standard InChI is InChI=1S/C15H17NO3/c1-9-7-14(18-3)10(2)6-12(9)15(17)13-5-4-11(8-16)19-13/h4-7H,8,16H2,1-3H3. The Morgan fingerprint density at radius 3 is 2.58 bits per heavy atom. The second-order valence-corrected chi connectivity index (χ2v) is 4.44. The summed E-state index contributed by atoms with van der Waals surface area (Å²) in [4.78, 5) is 12.4. The number of furan rings is 1. The fourth-order valence-electron chi connectivity index (χ4n) is 2.00. The molecule has 1 aromatic heterocycles. The van der Waals surface area contributed by atoms with Crippen LogP contribution in [0.2, 0.25) is 0 Å². The van der Waals surface area contributed by atoms with E-state index in [0.29, 0.717) is 17.1 Å². The summed E-state index contributed by atoms with van der Waals surface area (Å²) in [6.07, 6.45) is 0. The predicted octanol–water partition coefficient (Wildman–Crippen LogP) is 2.59. The number of methoxy groups -OCH3 is 1. The molecule has 1 heterocycles. The summed E-state index contributed by atoms with van der Waals surface area (Å²) >= 11 is 0. The minimum atomic E-state index is -0.136. The van der Waals surface area contributed by atoms with E-state index in [-0.39, 0.29) is 12.3 Å². The highest BCUT2D eigenvalue weighted by Crippen LogP contribution is 2.24. The molecule has 4 nitrogen and oxygen atoms in total. The first kappa shape index (κ1) is 13.4. The van der Waals surface area contributed by atoms with Crippen molar-refractivity contribution in [2.24, 2.45) is 5.73 Å². The first-order valence-corrected chi connectivity index (χ1v) is 6.05. The van der Waals surface area contributed by atoms with Gasteiger partial charge in [-0.15, -0.1) is 0 Å². The van der Waals surface area contributed by atoms with Crippen LogP contribution in [0.4, 0.5) is 0 Å². The Hall–Kier alpha value is -2.07. The van der Waals surface area contributed by atoms with Crippen molar-refractivity contribution in [1.82, 2.24) is 0 Å². The van der Waals surface area contributed by atoms with Crippen LogP contribution in [-0.4, -0.2) is 12.9 Å².